The molecule has 0 bridgehead atoms. The van der Waals surface area contributed by atoms with Crippen molar-refractivity contribution in [3.05, 3.63) is 0 Å². The fourth-order valence-electron chi connectivity index (χ4n) is 3.88. The Hall–Kier alpha value is -0.850. The molecule has 1 aliphatic carbocycles. The fraction of sp³-hybridized carbons (Fsp3) is 0.905. The molecule has 254 valence electrons. The summed E-state index contributed by atoms with van der Waals surface area (Å²) in [5, 5.41) is 31.2. The van der Waals surface area contributed by atoms with Crippen LogP contribution in [0, 0.1) is 0 Å². The summed E-state index contributed by atoms with van der Waals surface area (Å²) in [6.45, 7) is 2.32. The molecule has 0 saturated heterocycles. The minimum atomic E-state index is -5.52. The van der Waals surface area contributed by atoms with Crippen molar-refractivity contribution in [2.75, 3.05) is 13.2 Å². The zero-order chi connectivity index (χ0) is 33.0. The summed E-state index contributed by atoms with van der Waals surface area (Å²) in [6, 6.07) is 0. The third-order valence-electron chi connectivity index (χ3n) is 5.91. The van der Waals surface area contributed by atoms with Crippen molar-refractivity contribution in [2.24, 2.45) is 0 Å². The molecular weight excluding hydrogens is 649 g/mol. The maximum atomic E-state index is 12.7. The molecule has 0 heterocycles. The van der Waals surface area contributed by atoms with Gasteiger partial charge < -0.3 is 49.3 Å². The van der Waals surface area contributed by atoms with Gasteiger partial charge in [0.1, 0.15) is 43.2 Å². The second-order valence-electron chi connectivity index (χ2n) is 9.64. The van der Waals surface area contributed by atoms with E-state index in [1.807, 2.05) is 13.8 Å². The van der Waals surface area contributed by atoms with Gasteiger partial charge in [-0.15, -0.1) is 0 Å². The summed E-state index contributed by atoms with van der Waals surface area (Å²) in [5.74, 6) is -1.37. The highest BCUT2D eigenvalue weighted by Gasteiger charge is 2.56. The topological polar surface area (TPSA) is 303 Å². The van der Waals surface area contributed by atoms with Crippen molar-refractivity contribution >= 4 is 35.4 Å². The number of phosphoric acid groups is 3. The second-order valence-corrected chi connectivity index (χ2v) is 13.4. The van der Waals surface area contributed by atoms with Crippen LogP contribution in [0.3, 0.4) is 0 Å². The number of unbranched alkanes of at least 4 members (excludes halogenated alkanes) is 4. The number of aliphatic hydroxyl groups is 3. The van der Waals surface area contributed by atoms with Crippen LogP contribution >= 0.6 is 23.5 Å². The van der Waals surface area contributed by atoms with Crippen LogP contribution in [0.1, 0.15) is 65.2 Å². The van der Waals surface area contributed by atoms with E-state index in [0.29, 0.717) is 19.3 Å². The Kier molecular flexibility index (Phi) is 17.1. The molecule has 1 rings (SSSR count). The van der Waals surface area contributed by atoms with Gasteiger partial charge in [-0.25, -0.2) is 13.7 Å². The number of carbonyl (C=O) groups is 2. The molecule has 19 nitrogen and oxygen atoms in total. The Balaban J connectivity index is 3.06. The standard InChI is InChI=1S/C21H41O19P3/c1-3-5-7-9-14(22)35-11-13(37-15(23)10-8-6-4-2)12-36-43(33,34)40-21-17(25)19(38-41(27,28)29)16(24)20(18(21)26)39-42(30,31)32/h13,16-21,24-26H,3-12H2,1-2H3,(H,33,34)(H2,27,28,29)(H2,30,31,32). The summed E-state index contributed by atoms with van der Waals surface area (Å²) in [6.07, 6.45) is -12.2. The van der Waals surface area contributed by atoms with Crippen LogP contribution in [0.5, 0.6) is 0 Å². The molecule has 8 N–H and O–H groups in total. The van der Waals surface area contributed by atoms with Crippen LogP contribution in [-0.2, 0) is 50.9 Å². The van der Waals surface area contributed by atoms with Crippen molar-refractivity contribution in [1.82, 2.24) is 0 Å². The summed E-state index contributed by atoms with van der Waals surface area (Å²) >= 11 is 0. The van der Waals surface area contributed by atoms with Crippen molar-refractivity contribution in [2.45, 2.75) is 108 Å². The second kappa shape index (κ2) is 18.3. The monoisotopic (exact) mass is 690 g/mol. The number of hydrogen-bond donors (Lipinski definition) is 8. The van der Waals surface area contributed by atoms with E-state index in [-0.39, 0.29) is 12.8 Å². The van der Waals surface area contributed by atoms with Gasteiger partial charge in [-0.2, -0.15) is 0 Å². The molecule has 1 saturated carbocycles. The Bertz CT molecular complexity index is 976. The van der Waals surface area contributed by atoms with Gasteiger partial charge in [0.05, 0.1) is 6.61 Å². The number of ether oxygens (including phenoxy) is 2. The van der Waals surface area contributed by atoms with E-state index in [2.05, 4.69) is 9.05 Å². The molecule has 22 heteroatoms. The van der Waals surface area contributed by atoms with Gasteiger partial charge in [0.2, 0.25) is 0 Å². The first kappa shape index (κ1) is 40.2. The Morgan fingerprint density at radius 1 is 0.651 bits per heavy atom. The van der Waals surface area contributed by atoms with Gasteiger partial charge in [0.25, 0.3) is 0 Å². The number of phosphoric ester groups is 3. The molecule has 0 spiro atoms. The van der Waals surface area contributed by atoms with Gasteiger partial charge in [0, 0.05) is 12.8 Å². The summed E-state index contributed by atoms with van der Waals surface area (Å²) in [4.78, 5) is 70.9. The quantitative estimate of drug-likeness (QED) is 0.0479. The lowest BCUT2D eigenvalue weighted by Crippen LogP contribution is -2.65. The number of hydrogen-bond acceptors (Lipinski definition) is 14. The zero-order valence-corrected chi connectivity index (χ0v) is 26.2. The van der Waals surface area contributed by atoms with Gasteiger partial charge in [0.15, 0.2) is 6.10 Å². The first-order valence-electron chi connectivity index (χ1n) is 13.3. The van der Waals surface area contributed by atoms with Gasteiger partial charge >= 0.3 is 35.4 Å². The molecule has 0 amide bonds. The van der Waals surface area contributed by atoms with E-state index in [1.54, 1.807) is 0 Å². The highest BCUT2D eigenvalue weighted by atomic mass is 31.2. The van der Waals surface area contributed by atoms with Crippen molar-refractivity contribution in [3.8, 4) is 0 Å². The van der Waals surface area contributed by atoms with Crippen LogP contribution in [0.25, 0.3) is 0 Å². The highest BCUT2D eigenvalue weighted by molar-refractivity contribution is 7.47. The van der Waals surface area contributed by atoms with Crippen LogP contribution in [0.2, 0.25) is 0 Å². The number of aliphatic hydroxyl groups excluding tert-OH is 3. The summed E-state index contributed by atoms with van der Waals surface area (Å²) in [7, 11) is -16.5. The third-order valence-corrected chi connectivity index (χ3v) is 7.93. The Morgan fingerprint density at radius 3 is 1.49 bits per heavy atom. The van der Waals surface area contributed by atoms with Crippen molar-refractivity contribution < 1.29 is 90.6 Å². The normalized spacial score (nSPS) is 26.8. The minimum Gasteiger partial charge on any atom is -0.462 e. The average molecular weight is 690 g/mol. The first-order chi connectivity index (χ1) is 19.8. The Morgan fingerprint density at radius 2 is 1.07 bits per heavy atom. The molecular formula is C21H41O19P3. The molecule has 6 atom stereocenters. The van der Waals surface area contributed by atoms with Gasteiger partial charge in [-0.05, 0) is 12.8 Å². The van der Waals surface area contributed by atoms with Crippen LogP contribution in [-0.4, -0.2) is 108 Å². The van der Waals surface area contributed by atoms with E-state index in [0.717, 1.165) is 19.3 Å². The molecule has 6 unspecified atom stereocenters. The molecule has 0 radical (unpaired) electrons. The minimum absolute atomic E-state index is 0.0211. The lowest BCUT2D eigenvalue weighted by molar-refractivity contribution is -0.213. The lowest BCUT2D eigenvalue weighted by Gasteiger charge is -2.44. The molecule has 1 fully saturated rings. The molecule has 1 aliphatic rings. The maximum absolute atomic E-state index is 12.7. The van der Waals surface area contributed by atoms with Gasteiger partial charge in [-0.1, -0.05) is 39.5 Å². The van der Waals surface area contributed by atoms with Crippen LogP contribution in [0.4, 0.5) is 0 Å². The average Bonchev–Trinajstić information content (AvgIpc) is 2.88. The highest BCUT2D eigenvalue weighted by Crippen LogP contribution is 2.50. The molecule has 0 aromatic carbocycles. The number of esters is 2. The van der Waals surface area contributed by atoms with Gasteiger partial charge in [-0.3, -0.25) is 27.7 Å². The smallest absolute Gasteiger partial charge is 0.462 e. The van der Waals surface area contributed by atoms with E-state index < -0.39 is 91.3 Å². The Labute approximate surface area is 247 Å². The van der Waals surface area contributed by atoms with Crippen LogP contribution < -0.4 is 0 Å². The number of rotatable bonds is 20. The molecule has 0 aliphatic heterocycles. The van der Waals surface area contributed by atoms with Crippen molar-refractivity contribution in [1.29, 1.82) is 0 Å². The first-order valence-corrected chi connectivity index (χ1v) is 17.9. The molecule has 43 heavy (non-hydrogen) atoms. The zero-order valence-electron chi connectivity index (χ0n) is 23.5. The van der Waals surface area contributed by atoms with E-state index in [4.69, 9.17) is 38.1 Å². The summed E-state index contributed by atoms with van der Waals surface area (Å²) in [5.41, 5.74) is 0. The SMILES string of the molecule is CCCCCC(=O)OCC(COP(=O)(O)OC1C(O)C(OP(=O)(O)O)C(O)C(OP(=O)(O)O)C1O)OC(=O)CCCCC. The largest absolute Gasteiger partial charge is 0.472 e. The van der Waals surface area contributed by atoms with Crippen LogP contribution in [0.15, 0.2) is 0 Å². The predicted molar refractivity (Wildman–Crippen MR) is 142 cm³/mol. The van der Waals surface area contributed by atoms with E-state index in [1.165, 1.54) is 0 Å². The predicted octanol–water partition coefficient (Wildman–Crippen LogP) is 0.156. The van der Waals surface area contributed by atoms with E-state index in [9.17, 15) is 43.5 Å². The molecule has 0 aromatic heterocycles. The van der Waals surface area contributed by atoms with Crippen molar-refractivity contribution in [3.63, 3.8) is 0 Å². The number of carbonyl (C=O) groups excluding carboxylic acids is 2. The summed E-state index contributed by atoms with van der Waals surface area (Å²) < 4.78 is 63.7. The molecule has 0 aromatic rings. The fourth-order valence-corrected chi connectivity index (χ4v) is 5.98. The lowest BCUT2D eigenvalue weighted by atomic mass is 9.85. The van der Waals surface area contributed by atoms with E-state index >= 15 is 0 Å². The third kappa shape index (κ3) is 15.8. The maximum Gasteiger partial charge on any atom is 0.472 e.